The van der Waals surface area contributed by atoms with Gasteiger partial charge in [-0.15, -0.1) is 11.3 Å². The Morgan fingerprint density at radius 2 is 2.15 bits per heavy atom. The molecule has 0 amide bonds. The lowest BCUT2D eigenvalue weighted by molar-refractivity contribution is -0.120. The number of rotatable bonds is 2. The molecular formula is C16H24BrNOS. The monoisotopic (exact) mass is 357 g/mol. The highest BCUT2D eigenvalue weighted by Gasteiger charge is 2.40. The van der Waals surface area contributed by atoms with Gasteiger partial charge in [0.05, 0.1) is 9.39 Å². The highest BCUT2D eigenvalue weighted by atomic mass is 79.9. The molecule has 0 radical (unpaired) electrons. The third kappa shape index (κ3) is 2.99. The summed E-state index contributed by atoms with van der Waals surface area (Å²) in [6.45, 7) is 3.04. The fourth-order valence-corrected chi connectivity index (χ4v) is 5.46. The molecule has 1 aliphatic heterocycles. The van der Waals surface area contributed by atoms with E-state index < -0.39 is 0 Å². The Bertz CT molecular complexity index is 442. The second-order valence-electron chi connectivity index (χ2n) is 6.48. The molecule has 2 heterocycles. The van der Waals surface area contributed by atoms with Crippen LogP contribution in [0.3, 0.4) is 0 Å². The minimum atomic E-state index is 0.155. The van der Waals surface area contributed by atoms with E-state index in [0.29, 0.717) is 5.92 Å². The molecule has 4 heteroatoms. The molecule has 0 aromatic carbocycles. The second kappa shape index (κ2) is 6.07. The van der Waals surface area contributed by atoms with Gasteiger partial charge in [0, 0.05) is 17.5 Å². The van der Waals surface area contributed by atoms with Gasteiger partial charge in [-0.1, -0.05) is 19.3 Å². The maximum absolute atomic E-state index is 6.58. The van der Waals surface area contributed by atoms with Gasteiger partial charge in [-0.05, 0) is 66.1 Å². The fourth-order valence-electron chi connectivity index (χ4n) is 3.80. The van der Waals surface area contributed by atoms with Gasteiger partial charge >= 0.3 is 0 Å². The summed E-state index contributed by atoms with van der Waals surface area (Å²) >= 11 is 5.42. The molecule has 2 nitrogen and oxygen atoms in total. The molecule has 2 atom stereocenters. The number of hydrogen-bond acceptors (Lipinski definition) is 3. The summed E-state index contributed by atoms with van der Waals surface area (Å²) in [6, 6.07) is 2.43. The highest BCUT2D eigenvalue weighted by molar-refractivity contribution is 9.11. The lowest BCUT2D eigenvalue weighted by Crippen LogP contribution is -2.43. The van der Waals surface area contributed by atoms with Crippen LogP contribution in [0.4, 0.5) is 0 Å². The third-order valence-electron chi connectivity index (χ3n) is 5.01. The zero-order valence-corrected chi connectivity index (χ0v) is 14.6. The Hall–Kier alpha value is 0.100. The zero-order valence-electron chi connectivity index (χ0n) is 12.2. The molecular weight excluding hydrogens is 334 g/mol. The lowest BCUT2D eigenvalue weighted by atomic mass is 9.74. The number of aryl methyl sites for hydroxylation is 1. The van der Waals surface area contributed by atoms with E-state index >= 15 is 0 Å². The summed E-state index contributed by atoms with van der Waals surface area (Å²) in [5.41, 5.74) is 8.04. The van der Waals surface area contributed by atoms with Gasteiger partial charge in [-0.25, -0.2) is 0 Å². The van der Waals surface area contributed by atoms with Gasteiger partial charge in [0.25, 0.3) is 0 Å². The number of hydrogen-bond donors (Lipinski definition) is 1. The number of nitrogens with two attached hydrogens (primary N) is 1. The van der Waals surface area contributed by atoms with E-state index in [1.807, 2.05) is 0 Å². The van der Waals surface area contributed by atoms with E-state index in [1.165, 1.54) is 46.3 Å². The Labute approximate surface area is 134 Å². The van der Waals surface area contributed by atoms with Gasteiger partial charge in [0.15, 0.2) is 0 Å². The molecule has 1 aromatic heterocycles. The third-order valence-corrected chi connectivity index (χ3v) is 7.25. The van der Waals surface area contributed by atoms with Crippen molar-refractivity contribution < 1.29 is 4.74 Å². The van der Waals surface area contributed by atoms with E-state index in [4.69, 9.17) is 10.5 Å². The Balaban J connectivity index is 1.72. The number of thiophene rings is 1. The van der Waals surface area contributed by atoms with Crippen LogP contribution in [0.15, 0.2) is 9.85 Å². The SMILES string of the molecule is Cc1cc(C(N)C2CCOC3(CCCCC3)C2)sc1Br. The van der Waals surface area contributed by atoms with Crippen LogP contribution in [0, 0.1) is 12.8 Å². The van der Waals surface area contributed by atoms with Crippen LogP contribution >= 0.6 is 27.3 Å². The van der Waals surface area contributed by atoms with Crippen molar-refractivity contribution in [1.82, 2.24) is 0 Å². The maximum Gasteiger partial charge on any atom is 0.0731 e. The molecule has 1 spiro atoms. The van der Waals surface area contributed by atoms with Gasteiger partial charge < -0.3 is 10.5 Å². The minimum absolute atomic E-state index is 0.155. The number of halogens is 1. The van der Waals surface area contributed by atoms with E-state index in [0.717, 1.165) is 19.4 Å². The summed E-state index contributed by atoms with van der Waals surface area (Å²) in [5, 5.41) is 0. The fraction of sp³-hybridized carbons (Fsp3) is 0.750. The predicted molar refractivity (Wildman–Crippen MR) is 88.2 cm³/mol. The average Bonchev–Trinajstić information content (AvgIpc) is 2.79. The molecule has 1 saturated carbocycles. The minimum Gasteiger partial charge on any atom is -0.375 e. The Morgan fingerprint density at radius 3 is 2.80 bits per heavy atom. The standard InChI is InChI=1S/C16H24BrNOS/c1-11-9-13(20-15(11)17)14(18)12-5-8-19-16(10-12)6-3-2-4-7-16/h9,12,14H,2-8,10,18H2,1H3. The Kier molecular flexibility index (Phi) is 4.56. The quantitative estimate of drug-likeness (QED) is 0.812. The van der Waals surface area contributed by atoms with Crippen molar-refractivity contribution in [2.45, 2.75) is 63.5 Å². The smallest absolute Gasteiger partial charge is 0.0731 e. The first kappa shape index (κ1) is 15.0. The van der Waals surface area contributed by atoms with Crippen LogP contribution in [0.1, 0.15) is 61.4 Å². The summed E-state index contributed by atoms with van der Waals surface area (Å²) in [6.07, 6.45) is 8.77. The zero-order chi connectivity index (χ0) is 14.2. The molecule has 1 aliphatic carbocycles. The van der Waals surface area contributed by atoms with Crippen LogP contribution in [-0.4, -0.2) is 12.2 Å². The molecule has 3 rings (SSSR count). The van der Waals surface area contributed by atoms with Gasteiger partial charge in [0.2, 0.25) is 0 Å². The van der Waals surface area contributed by atoms with Crippen molar-refractivity contribution in [3.05, 3.63) is 20.3 Å². The van der Waals surface area contributed by atoms with Crippen LogP contribution in [0.5, 0.6) is 0 Å². The van der Waals surface area contributed by atoms with E-state index in [1.54, 1.807) is 11.3 Å². The summed E-state index contributed by atoms with van der Waals surface area (Å²) in [7, 11) is 0. The van der Waals surface area contributed by atoms with E-state index in [-0.39, 0.29) is 11.6 Å². The van der Waals surface area contributed by atoms with Gasteiger partial charge in [-0.2, -0.15) is 0 Å². The van der Waals surface area contributed by atoms with Crippen molar-refractivity contribution in [2.75, 3.05) is 6.61 Å². The molecule has 2 unspecified atom stereocenters. The maximum atomic E-state index is 6.58. The molecule has 2 fully saturated rings. The van der Waals surface area contributed by atoms with E-state index in [2.05, 4.69) is 28.9 Å². The first-order valence-electron chi connectivity index (χ1n) is 7.75. The van der Waals surface area contributed by atoms with E-state index in [9.17, 15) is 0 Å². The molecule has 1 aromatic rings. The van der Waals surface area contributed by atoms with Gasteiger partial charge in [0.1, 0.15) is 0 Å². The van der Waals surface area contributed by atoms with Crippen LogP contribution in [0.2, 0.25) is 0 Å². The van der Waals surface area contributed by atoms with Crippen LogP contribution in [0.25, 0.3) is 0 Å². The van der Waals surface area contributed by atoms with Crippen molar-refractivity contribution in [2.24, 2.45) is 11.7 Å². The molecule has 112 valence electrons. The highest BCUT2D eigenvalue weighted by Crippen LogP contribution is 2.45. The second-order valence-corrected chi connectivity index (χ2v) is 8.88. The van der Waals surface area contributed by atoms with Crippen LogP contribution in [-0.2, 0) is 4.74 Å². The topological polar surface area (TPSA) is 35.2 Å². The number of ether oxygens (including phenoxy) is 1. The molecule has 0 bridgehead atoms. The van der Waals surface area contributed by atoms with Crippen molar-refractivity contribution in [1.29, 1.82) is 0 Å². The normalized spacial score (nSPS) is 27.6. The largest absolute Gasteiger partial charge is 0.375 e. The first-order valence-corrected chi connectivity index (χ1v) is 9.36. The molecule has 1 saturated heterocycles. The first-order chi connectivity index (χ1) is 9.60. The lowest BCUT2D eigenvalue weighted by Gasteiger charge is -2.44. The summed E-state index contributed by atoms with van der Waals surface area (Å²) in [5.74, 6) is 0.576. The molecule has 2 N–H and O–H groups in total. The summed E-state index contributed by atoms with van der Waals surface area (Å²) in [4.78, 5) is 1.33. The predicted octanol–water partition coefficient (Wildman–Crippen LogP) is 4.95. The van der Waals surface area contributed by atoms with Crippen LogP contribution < -0.4 is 5.73 Å². The average molecular weight is 358 g/mol. The molecule has 2 aliphatic rings. The van der Waals surface area contributed by atoms with Crippen molar-refractivity contribution in [3.8, 4) is 0 Å². The van der Waals surface area contributed by atoms with Crippen molar-refractivity contribution >= 4 is 27.3 Å². The summed E-state index contributed by atoms with van der Waals surface area (Å²) < 4.78 is 7.41. The van der Waals surface area contributed by atoms with Crippen molar-refractivity contribution in [3.63, 3.8) is 0 Å². The van der Waals surface area contributed by atoms with Gasteiger partial charge in [-0.3, -0.25) is 0 Å². The Morgan fingerprint density at radius 1 is 1.40 bits per heavy atom. The molecule has 20 heavy (non-hydrogen) atoms.